The Kier molecular flexibility index (Phi) is 4.74. The van der Waals surface area contributed by atoms with E-state index in [0.717, 1.165) is 35.7 Å². The minimum absolute atomic E-state index is 0.0613. The Morgan fingerprint density at radius 2 is 2.10 bits per heavy atom. The molecule has 0 aliphatic rings. The van der Waals surface area contributed by atoms with Crippen LogP contribution in [0, 0.1) is 0 Å². The van der Waals surface area contributed by atoms with Crippen LogP contribution >= 0.6 is 0 Å². The predicted molar refractivity (Wildman–Crippen MR) is 79.1 cm³/mol. The fourth-order valence-electron chi connectivity index (χ4n) is 2.20. The summed E-state index contributed by atoms with van der Waals surface area (Å²) >= 11 is 0. The second kappa shape index (κ2) is 6.52. The van der Waals surface area contributed by atoms with Crippen molar-refractivity contribution in [1.29, 1.82) is 0 Å². The normalized spacial score (nSPS) is 12.4. The van der Waals surface area contributed by atoms with E-state index in [9.17, 15) is 0 Å². The van der Waals surface area contributed by atoms with E-state index in [0.29, 0.717) is 6.61 Å². The summed E-state index contributed by atoms with van der Waals surface area (Å²) in [4.78, 5) is 0. The van der Waals surface area contributed by atoms with Gasteiger partial charge >= 0.3 is 0 Å². The quantitative estimate of drug-likeness (QED) is 0.879. The molecule has 5 nitrogen and oxygen atoms in total. The van der Waals surface area contributed by atoms with Crippen LogP contribution in [-0.2, 0) is 6.42 Å². The number of rotatable bonds is 6. The van der Waals surface area contributed by atoms with Crippen LogP contribution in [-0.4, -0.2) is 21.6 Å². The third kappa shape index (κ3) is 2.82. The van der Waals surface area contributed by atoms with Gasteiger partial charge in [0.2, 0.25) is 0 Å². The molecule has 1 unspecified atom stereocenters. The summed E-state index contributed by atoms with van der Waals surface area (Å²) < 4.78 is 7.39. The topological polar surface area (TPSA) is 66.0 Å². The van der Waals surface area contributed by atoms with Crippen molar-refractivity contribution in [3.63, 3.8) is 0 Å². The summed E-state index contributed by atoms with van der Waals surface area (Å²) in [5.74, 6) is 0.837. The van der Waals surface area contributed by atoms with E-state index in [1.807, 2.05) is 35.9 Å². The van der Waals surface area contributed by atoms with Crippen LogP contribution in [0.1, 0.15) is 44.6 Å². The molecular weight excluding hydrogens is 252 g/mol. The molecule has 0 aliphatic heterocycles. The highest BCUT2D eigenvalue weighted by atomic mass is 16.5. The Morgan fingerprint density at radius 3 is 2.75 bits per heavy atom. The first-order chi connectivity index (χ1) is 9.71. The van der Waals surface area contributed by atoms with Crippen LogP contribution in [0.2, 0.25) is 0 Å². The van der Waals surface area contributed by atoms with Gasteiger partial charge in [0.1, 0.15) is 11.4 Å². The molecule has 0 saturated carbocycles. The maximum Gasteiger partial charge on any atom is 0.121 e. The lowest BCUT2D eigenvalue weighted by Gasteiger charge is -2.10. The van der Waals surface area contributed by atoms with Gasteiger partial charge < -0.3 is 10.5 Å². The fourth-order valence-corrected chi connectivity index (χ4v) is 2.20. The summed E-state index contributed by atoms with van der Waals surface area (Å²) in [6.07, 6.45) is 1.69. The maximum absolute atomic E-state index is 6.10. The number of aromatic nitrogens is 3. The molecule has 0 spiro atoms. The largest absolute Gasteiger partial charge is 0.494 e. The Bertz CT molecular complexity index is 565. The fraction of sp³-hybridized carbons (Fsp3) is 0.467. The second-order valence-corrected chi connectivity index (χ2v) is 4.63. The Labute approximate surface area is 119 Å². The molecule has 1 heterocycles. The first-order valence-corrected chi connectivity index (χ1v) is 7.14. The van der Waals surface area contributed by atoms with E-state index in [-0.39, 0.29) is 6.04 Å². The van der Waals surface area contributed by atoms with E-state index >= 15 is 0 Å². The summed E-state index contributed by atoms with van der Waals surface area (Å²) in [5, 5.41) is 8.52. The van der Waals surface area contributed by atoms with Gasteiger partial charge in [-0.3, -0.25) is 0 Å². The van der Waals surface area contributed by atoms with Crippen molar-refractivity contribution in [2.24, 2.45) is 5.73 Å². The number of nitrogens with two attached hydrogens (primary N) is 1. The third-order valence-corrected chi connectivity index (χ3v) is 3.29. The highest BCUT2D eigenvalue weighted by Crippen LogP contribution is 2.22. The van der Waals surface area contributed by atoms with Crippen LogP contribution in [0.15, 0.2) is 24.3 Å². The molecule has 0 radical (unpaired) electrons. The Hall–Kier alpha value is -1.88. The second-order valence-electron chi connectivity index (χ2n) is 4.63. The van der Waals surface area contributed by atoms with Crippen LogP contribution in [0.5, 0.6) is 5.75 Å². The smallest absolute Gasteiger partial charge is 0.121 e. The average Bonchev–Trinajstić information content (AvgIpc) is 2.91. The highest BCUT2D eigenvalue weighted by Gasteiger charge is 2.17. The molecular formula is C15H22N4O. The predicted octanol–water partition coefficient (Wildman–Crippen LogP) is 2.64. The molecule has 2 aromatic rings. The van der Waals surface area contributed by atoms with Gasteiger partial charge in [0.15, 0.2) is 0 Å². The zero-order valence-electron chi connectivity index (χ0n) is 12.3. The molecule has 5 heteroatoms. The van der Waals surface area contributed by atoms with Gasteiger partial charge in [0.25, 0.3) is 0 Å². The molecule has 0 amide bonds. The molecule has 0 bridgehead atoms. The van der Waals surface area contributed by atoms with E-state index in [1.165, 1.54) is 0 Å². The molecule has 20 heavy (non-hydrogen) atoms. The number of nitrogens with zero attached hydrogens (tertiary/aromatic N) is 3. The Balaban J connectivity index is 2.42. The van der Waals surface area contributed by atoms with Crippen LogP contribution in [0.25, 0.3) is 5.69 Å². The minimum atomic E-state index is -0.0613. The van der Waals surface area contributed by atoms with E-state index < -0.39 is 0 Å². The van der Waals surface area contributed by atoms with Gasteiger partial charge in [-0.25, -0.2) is 4.68 Å². The molecule has 108 valence electrons. The van der Waals surface area contributed by atoms with Crippen LogP contribution < -0.4 is 10.5 Å². The van der Waals surface area contributed by atoms with Gasteiger partial charge in [-0.1, -0.05) is 25.1 Å². The van der Waals surface area contributed by atoms with Gasteiger partial charge in [-0.15, -0.1) is 5.10 Å². The summed E-state index contributed by atoms with van der Waals surface area (Å²) in [7, 11) is 0. The maximum atomic E-state index is 6.10. The van der Waals surface area contributed by atoms with Gasteiger partial charge in [-0.05, 0) is 31.9 Å². The van der Waals surface area contributed by atoms with E-state index in [1.54, 1.807) is 0 Å². The standard InChI is InChI=1S/C15H22N4O/c1-4-13(16)15-14(5-2)19(18-17-15)11-8-7-9-12(10-11)20-6-3/h7-10,13H,4-6,16H2,1-3H3. The summed E-state index contributed by atoms with van der Waals surface area (Å²) in [6.45, 7) is 6.76. The minimum Gasteiger partial charge on any atom is -0.494 e. The number of hydrogen-bond donors (Lipinski definition) is 1. The average molecular weight is 274 g/mol. The monoisotopic (exact) mass is 274 g/mol. The summed E-state index contributed by atoms with van der Waals surface area (Å²) in [6, 6.07) is 7.81. The van der Waals surface area contributed by atoms with Crippen molar-refractivity contribution in [3.8, 4) is 11.4 Å². The zero-order valence-corrected chi connectivity index (χ0v) is 12.3. The van der Waals surface area contributed by atoms with Crippen LogP contribution in [0.3, 0.4) is 0 Å². The van der Waals surface area contributed by atoms with Crippen molar-refractivity contribution < 1.29 is 4.74 Å². The number of benzene rings is 1. The van der Waals surface area contributed by atoms with Crippen molar-refractivity contribution in [1.82, 2.24) is 15.0 Å². The van der Waals surface area contributed by atoms with Crippen molar-refractivity contribution >= 4 is 0 Å². The molecule has 0 fully saturated rings. The highest BCUT2D eigenvalue weighted by molar-refractivity contribution is 5.40. The zero-order chi connectivity index (χ0) is 14.5. The van der Waals surface area contributed by atoms with Gasteiger partial charge in [-0.2, -0.15) is 0 Å². The first kappa shape index (κ1) is 14.5. The third-order valence-electron chi connectivity index (χ3n) is 3.29. The first-order valence-electron chi connectivity index (χ1n) is 7.14. The number of hydrogen-bond acceptors (Lipinski definition) is 4. The lowest BCUT2D eigenvalue weighted by atomic mass is 10.1. The lowest BCUT2D eigenvalue weighted by Crippen LogP contribution is -2.12. The van der Waals surface area contributed by atoms with Crippen LogP contribution in [0.4, 0.5) is 0 Å². The molecule has 2 N–H and O–H groups in total. The van der Waals surface area contributed by atoms with E-state index in [4.69, 9.17) is 10.5 Å². The molecule has 1 atom stereocenters. The molecule has 0 aliphatic carbocycles. The van der Waals surface area contributed by atoms with Gasteiger partial charge in [0.05, 0.1) is 24.0 Å². The SMILES string of the molecule is CCOc1cccc(-n2nnc(C(N)CC)c2CC)c1. The van der Waals surface area contributed by atoms with Crippen molar-refractivity contribution in [2.45, 2.75) is 39.7 Å². The number of ether oxygens (including phenoxy) is 1. The summed E-state index contributed by atoms with van der Waals surface area (Å²) in [5.41, 5.74) is 9.00. The molecule has 0 saturated heterocycles. The van der Waals surface area contributed by atoms with Crippen molar-refractivity contribution in [3.05, 3.63) is 35.7 Å². The molecule has 1 aromatic carbocycles. The molecule has 2 rings (SSSR count). The van der Waals surface area contributed by atoms with Gasteiger partial charge in [0, 0.05) is 6.07 Å². The van der Waals surface area contributed by atoms with Crippen molar-refractivity contribution in [2.75, 3.05) is 6.61 Å². The Morgan fingerprint density at radius 1 is 1.30 bits per heavy atom. The molecule has 1 aromatic heterocycles. The lowest BCUT2D eigenvalue weighted by molar-refractivity contribution is 0.340. The van der Waals surface area contributed by atoms with E-state index in [2.05, 4.69) is 24.2 Å².